The Hall–Kier alpha value is -0.120. The highest BCUT2D eigenvalue weighted by Gasteiger charge is 2.30. The minimum atomic E-state index is -0.665. The van der Waals surface area contributed by atoms with E-state index < -0.39 is 5.60 Å². The normalized spacial score (nSPS) is 23.2. The number of piperidine rings is 1. The zero-order valence-corrected chi connectivity index (χ0v) is 13.2. The van der Waals surface area contributed by atoms with E-state index in [1.807, 2.05) is 6.92 Å². The molecule has 19 heavy (non-hydrogen) atoms. The molecule has 1 unspecified atom stereocenters. The summed E-state index contributed by atoms with van der Waals surface area (Å²) in [5.41, 5.74) is 5.49. The number of hydrogen-bond acceptors (Lipinski definition) is 3. The summed E-state index contributed by atoms with van der Waals surface area (Å²) in [4.78, 5) is 2.60. The summed E-state index contributed by atoms with van der Waals surface area (Å²) < 4.78 is 0. The number of nitrogens with two attached hydrogens (primary N) is 1. The molecule has 3 heteroatoms. The van der Waals surface area contributed by atoms with E-state index in [4.69, 9.17) is 5.73 Å². The molecule has 3 nitrogen and oxygen atoms in total. The molecule has 0 aromatic heterocycles. The molecule has 0 aliphatic carbocycles. The quantitative estimate of drug-likeness (QED) is 0.667. The Bertz CT molecular complexity index is 239. The molecular weight excluding hydrogens is 236 g/mol. The van der Waals surface area contributed by atoms with E-state index in [0.29, 0.717) is 12.0 Å². The van der Waals surface area contributed by atoms with Gasteiger partial charge in [-0.05, 0) is 64.1 Å². The minimum absolute atomic E-state index is 0.367. The van der Waals surface area contributed by atoms with Crippen LogP contribution < -0.4 is 5.73 Å². The van der Waals surface area contributed by atoms with Crippen molar-refractivity contribution in [1.82, 2.24) is 4.90 Å². The third-order valence-corrected chi connectivity index (χ3v) is 5.30. The first kappa shape index (κ1) is 16.9. The van der Waals surface area contributed by atoms with E-state index in [-0.39, 0.29) is 0 Å². The van der Waals surface area contributed by atoms with Gasteiger partial charge in [0.15, 0.2) is 0 Å². The number of unbranched alkanes of at least 4 members (excludes halogenated alkanes) is 1. The van der Waals surface area contributed by atoms with Crippen LogP contribution in [0.15, 0.2) is 0 Å². The van der Waals surface area contributed by atoms with Gasteiger partial charge >= 0.3 is 0 Å². The number of aliphatic hydroxyl groups is 1. The van der Waals surface area contributed by atoms with E-state index in [1.54, 1.807) is 0 Å². The molecule has 0 radical (unpaired) electrons. The summed E-state index contributed by atoms with van der Waals surface area (Å²) in [5, 5.41) is 9.85. The van der Waals surface area contributed by atoms with Crippen LogP contribution in [0.25, 0.3) is 0 Å². The highest BCUT2D eigenvalue weighted by atomic mass is 16.3. The standard InChI is InChI=1S/C16H34N2O/c1-4-16(5-2)9-12-18(13-10-16)11-7-6-8-15(3,19)14-17/h19H,4-14,17H2,1-3H3. The fraction of sp³-hybridized carbons (Fsp3) is 1.00. The first-order valence-electron chi connectivity index (χ1n) is 8.12. The number of likely N-dealkylation sites (tertiary alicyclic amines) is 1. The topological polar surface area (TPSA) is 49.5 Å². The van der Waals surface area contributed by atoms with Crippen LogP contribution in [0.1, 0.15) is 65.7 Å². The fourth-order valence-corrected chi connectivity index (χ4v) is 3.15. The van der Waals surface area contributed by atoms with Crippen LogP contribution in [-0.2, 0) is 0 Å². The van der Waals surface area contributed by atoms with Gasteiger partial charge in [0.2, 0.25) is 0 Å². The number of hydrogen-bond donors (Lipinski definition) is 2. The Kier molecular flexibility index (Phi) is 6.78. The maximum atomic E-state index is 9.85. The van der Waals surface area contributed by atoms with Crippen LogP contribution >= 0.6 is 0 Å². The zero-order valence-electron chi connectivity index (χ0n) is 13.2. The molecule has 0 spiro atoms. The van der Waals surface area contributed by atoms with Gasteiger partial charge in [-0.1, -0.05) is 26.7 Å². The van der Waals surface area contributed by atoms with Crippen molar-refractivity contribution in [3.63, 3.8) is 0 Å². The van der Waals surface area contributed by atoms with Gasteiger partial charge in [0.05, 0.1) is 5.60 Å². The summed E-state index contributed by atoms with van der Waals surface area (Å²) in [5.74, 6) is 0. The molecule has 1 rings (SSSR count). The van der Waals surface area contributed by atoms with Crippen LogP contribution in [0.4, 0.5) is 0 Å². The van der Waals surface area contributed by atoms with Crippen molar-refractivity contribution in [1.29, 1.82) is 0 Å². The monoisotopic (exact) mass is 270 g/mol. The summed E-state index contributed by atoms with van der Waals surface area (Å²) in [6, 6.07) is 0. The summed E-state index contributed by atoms with van der Waals surface area (Å²) in [7, 11) is 0. The van der Waals surface area contributed by atoms with Gasteiger partial charge in [-0.15, -0.1) is 0 Å². The van der Waals surface area contributed by atoms with Crippen molar-refractivity contribution in [3.05, 3.63) is 0 Å². The molecule has 1 aliphatic rings. The molecule has 3 N–H and O–H groups in total. The largest absolute Gasteiger partial charge is 0.389 e. The second-order valence-corrected chi connectivity index (χ2v) is 6.71. The van der Waals surface area contributed by atoms with Crippen LogP contribution in [0.2, 0.25) is 0 Å². The third-order valence-electron chi connectivity index (χ3n) is 5.30. The molecule has 0 aromatic carbocycles. The molecule has 0 aromatic rings. The highest BCUT2D eigenvalue weighted by Crippen LogP contribution is 2.37. The Balaban J connectivity index is 2.16. The smallest absolute Gasteiger partial charge is 0.0741 e. The Morgan fingerprint density at radius 1 is 1.16 bits per heavy atom. The van der Waals surface area contributed by atoms with Gasteiger partial charge < -0.3 is 15.7 Å². The van der Waals surface area contributed by atoms with Gasteiger partial charge in [-0.3, -0.25) is 0 Å². The van der Waals surface area contributed by atoms with Crippen molar-refractivity contribution in [3.8, 4) is 0 Å². The molecule has 0 amide bonds. The third kappa shape index (κ3) is 5.41. The second-order valence-electron chi connectivity index (χ2n) is 6.71. The first-order chi connectivity index (χ1) is 8.97. The summed E-state index contributed by atoms with van der Waals surface area (Å²) in [6.45, 7) is 10.6. The predicted octanol–water partition coefficient (Wildman–Crippen LogP) is 2.77. The van der Waals surface area contributed by atoms with Gasteiger partial charge in [0, 0.05) is 6.54 Å². The molecule has 0 bridgehead atoms. The van der Waals surface area contributed by atoms with Crippen LogP contribution in [0.3, 0.4) is 0 Å². The molecule has 1 fully saturated rings. The van der Waals surface area contributed by atoms with Gasteiger partial charge in [0.1, 0.15) is 0 Å². The van der Waals surface area contributed by atoms with Crippen molar-refractivity contribution in [2.45, 2.75) is 71.3 Å². The summed E-state index contributed by atoms with van der Waals surface area (Å²) in [6.07, 6.45) is 8.47. The maximum absolute atomic E-state index is 9.85. The SMILES string of the molecule is CCC1(CC)CCN(CCCCC(C)(O)CN)CC1. The van der Waals surface area contributed by atoms with Crippen LogP contribution in [0, 0.1) is 5.41 Å². The van der Waals surface area contributed by atoms with Crippen molar-refractivity contribution in [2.24, 2.45) is 11.1 Å². The molecule has 1 heterocycles. The molecule has 114 valence electrons. The van der Waals surface area contributed by atoms with Crippen LogP contribution in [0.5, 0.6) is 0 Å². The lowest BCUT2D eigenvalue weighted by molar-refractivity contribution is 0.0542. The molecular formula is C16H34N2O. The zero-order chi connectivity index (χ0) is 14.4. The average molecular weight is 270 g/mol. The van der Waals surface area contributed by atoms with Crippen molar-refractivity contribution in [2.75, 3.05) is 26.2 Å². The molecule has 1 saturated heterocycles. The van der Waals surface area contributed by atoms with Gasteiger partial charge in [0.25, 0.3) is 0 Å². The summed E-state index contributed by atoms with van der Waals surface area (Å²) >= 11 is 0. The van der Waals surface area contributed by atoms with E-state index in [1.165, 1.54) is 51.7 Å². The lowest BCUT2D eigenvalue weighted by Crippen LogP contribution is -2.40. The minimum Gasteiger partial charge on any atom is -0.389 e. The van der Waals surface area contributed by atoms with Crippen molar-refractivity contribution >= 4 is 0 Å². The lowest BCUT2D eigenvalue weighted by atomic mass is 9.74. The Labute approximate surface area is 119 Å². The molecule has 1 aliphatic heterocycles. The van der Waals surface area contributed by atoms with Crippen molar-refractivity contribution < 1.29 is 5.11 Å². The van der Waals surface area contributed by atoms with E-state index >= 15 is 0 Å². The predicted molar refractivity (Wildman–Crippen MR) is 82.2 cm³/mol. The van der Waals surface area contributed by atoms with E-state index in [2.05, 4.69) is 18.7 Å². The maximum Gasteiger partial charge on any atom is 0.0741 e. The first-order valence-corrected chi connectivity index (χ1v) is 8.12. The molecule has 1 atom stereocenters. The Morgan fingerprint density at radius 2 is 1.74 bits per heavy atom. The average Bonchev–Trinajstić information content (AvgIpc) is 2.44. The second kappa shape index (κ2) is 7.61. The van der Waals surface area contributed by atoms with E-state index in [0.717, 1.165) is 12.8 Å². The number of rotatable bonds is 8. The number of nitrogens with zero attached hydrogens (tertiary/aromatic N) is 1. The fourth-order valence-electron chi connectivity index (χ4n) is 3.15. The van der Waals surface area contributed by atoms with Gasteiger partial charge in [-0.25, -0.2) is 0 Å². The van der Waals surface area contributed by atoms with E-state index in [9.17, 15) is 5.11 Å². The molecule has 0 saturated carbocycles. The van der Waals surface area contributed by atoms with Crippen LogP contribution in [-0.4, -0.2) is 41.8 Å². The lowest BCUT2D eigenvalue weighted by Gasteiger charge is -2.41. The highest BCUT2D eigenvalue weighted by molar-refractivity contribution is 4.84. The van der Waals surface area contributed by atoms with Gasteiger partial charge in [-0.2, -0.15) is 0 Å². The Morgan fingerprint density at radius 3 is 2.21 bits per heavy atom.